The van der Waals surface area contributed by atoms with Gasteiger partial charge in [-0.1, -0.05) is 0 Å². The predicted octanol–water partition coefficient (Wildman–Crippen LogP) is -4.05. The second kappa shape index (κ2) is 7.85. The molecule has 2 saturated heterocycles. The Morgan fingerprint density at radius 3 is 2.41 bits per heavy atom. The van der Waals surface area contributed by atoms with E-state index in [1.54, 1.807) is 21.0 Å². The largest absolute Gasteiger partial charge is 0.390 e. The summed E-state index contributed by atoms with van der Waals surface area (Å²) in [6, 6.07) is -2.12. The molecule has 156 valence electrons. The monoisotopic (exact) mass is 390 g/mol. The molecule has 2 aliphatic heterocycles. The van der Waals surface area contributed by atoms with Gasteiger partial charge in [0, 0.05) is 0 Å². The molecular weight excluding hydrogens is 360 g/mol. The molecule has 0 bridgehead atoms. The van der Waals surface area contributed by atoms with E-state index in [9.17, 15) is 20.1 Å². The van der Waals surface area contributed by atoms with Gasteiger partial charge in [0.15, 0.2) is 0 Å². The van der Waals surface area contributed by atoms with Gasteiger partial charge in [0.1, 0.15) is 18.3 Å². The zero-order chi connectivity index (χ0) is 19.9. The minimum absolute atomic E-state index is 0.236. The molecule has 0 spiro atoms. The molecule has 2 heterocycles. The van der Waals surface area contributed by atoms with E-state index >= 15 is 0 Å². The van der Waals surface area contributed by atoms with Gasteiger partial charge in [0.2, 0.25) is 18.0 Å². The van der Waals surface area contributed by atoms with Crippen LogP contribution in [0.2, 0.25) is 0 Å². The second-order valence-electron chi connectivity index (χ2n) is 7.38. The van der Waals surface area contributed by atoms with E-state index in [-0.39, 0.29) is 19.1 Å². The van der Waals surface area contributed by atoms with Crippen molar-refractivity contribution in [2.24, 2.45) is 5.73 Å². The molecule has 11 heteroatoms. The maximum atomic E-state index is 11.8. The van der Waals surface area contributed by atoms with Crippen LogP contribution in [0.5, 0.6) is 0 Å². The normalized spacial score (nSPS) is 49.8. The number of nitrogens with two attached hydrogens (primary N) is 1. The molecule has 0 aromatic rings. The summed E-state index contributed by atoms with van der Waals surface area (Å²) < 4.78 is 17.6. The van der Waals surface area contributed by atoms with E-state index in [0.717, 1.165) is 0 Å². The third-order valence-electron chi connectivity index (χ3n) is 5.67. The second-order valence-corrected chi connectivity index (χ2v) is 7.38. The molecule has 1 amide bonds. The number of rotatable bonds is 4. The Labute approximate surface area is 157 Å². The first-order valence-corrected chi connectivity index (χ1v) is 9.18. The Morgan fingerprint density at radius 2 is 1.81 bits per heavy atom. The Hall–Kier alpha value is -0.890. The molecule has 1 aliphatic carbocycles. The highest BCUT2D eigenvalue weighted by atomic mass is 16.8. The number of nitrogens with one attached hydrogen (secondary N) is 3. The average Bonchev–Trinajstić information content (AvgIpc) is 2.62. The van der Waals surface area contributed by atoms with Crippen LogP contribution in [0.4, 0.5) is 0 Å². The number of ether oxygens (including phenoxy) is 3. The molecule has 3 aliphatic rings. The van der Waals surface area contributed by atoms with Gasteiger partial charge in [-0.3, -0.25) is 4.79 Å². The molecule has 0 aromatic carbocycles. The lowest BCUT2D eigenvalue weighted by Crippen LogP contribution is -2.79. The fourth-order valence-corrected chi connectivity index (χ4v) is 4.27. The van der Waals surface area contributed by atoms with Crippen LogP contribution in [-0.2, 0) is 19.0 Å². The molecule has 3 rings (SSSR count). The fraction of sp³-hybridized carbons (Fsp3) is 0.938. The van der Waals surface area contributed by atoms with Crippen LogP contribution in [0, 0.1) is 0 Å². The van der Waals surface area contributed by atoms with Gasteiger partial charge in [-0.25, -0.2) is 0 Å². The van der Waals surface area contributed by atoms with Gasteiger partial charge in [-0.2, -0.15) is 0 Å². The highest BCUT2D eigenvalue weighted by molar-refractivity contribution is 5.78. The van der Waals surface area contributed by atoms with Crippen LogP contribution in [0.3, 0.4) is 0 Å². The van der Waals surface area contributed by atoms with Gasteiger partial charge in [0.05, 0.1) is 36.9 Å². The van der Waals surface area contributed by atoms with Crippen molar-refractivity contribution < 1.29 is 34.3 Å². The average molecular weight is 390 g/mol. The van der Waals surface area contributed by atoms with Crippen molar-refractivity contribution in [3.05, 3.63) is 0 Å². The van der Waals surface area contributed by atoms with E-state index in [0.29, 0.717) is 0 Å². The maximum absolute atomic E-state index is 11.8. The van der Waals surface area contributed by atoms with Crippen molar-refractivity contribution in [1.82, 2.24) is 16.0 Å². The number of likely N-dealkylation sites (N-methyl/N-ethyl adjacent to an activating group) is 2. The topological polar surface area (TPSA) is 168 Å². The summed E-state index contributed by atoms with van der Waals surface area (Å²) in [5.41, 5.74) is 5.37. The summed E-state index contributed by atoms with van der Waals surface area (Å²) in [5, 5.41) is 41.0. The number of carbonyl (C=O) groups excluding carboxylic acids is 1. The van der Waals surface area contributed by atoms with Crippen LogP contribution in [-0.4, -0.2) is 103 Å². The smallest absolute Gasteiger partial charge is 0.239 e. The molecule has 5 unspecified atom stereocenters. The van der Waals surface area contributed by atoms with Crippen molar-refractivity contribution in [3.8, 4) is 0 Å². The van der Waals surface area contributed by atoms with Gasteiger partial charge in [-0.05, 0) is 27.4 Å². The number of aliphatic hydroxyl groups excluding tert-OH is 2. The Balaban J connectivity index is 1.91. The number of amides is 1. The number of hydrogen-bond donors (Lipinski definition) is 7. The third-order valence-corrected chi connectivity index (χ3v) is 5.67. The molecule has 0 aromatic heterocycles. The zero-order valence-corrected chi connectivity index (χ0v) is 15.7. The van der Waals surface area contributed by atoms with Crippen molar-refractivity contribution in [3.63, 3.8) is 0 Å². The third kappa shape index (κ3) is 3.48. The van der Waals surface area contributed by atoms with Crippen LogP contribution in [0.1, 0.15) is 13.3 Å². The van der Waals surface area contributed by atoms with E-state index in [1.807, 2.05) is 0 Å². The lowest BCUT2D eigenvalue weighted by atomic mass is 9.79. The Bertz CT molecular complexity index is 555. The van der Waals surface area contributed by atoms with E-state index in [4.69, 9.17) is 19.9 Å². The highest BCUT2D eigenvalue weighted by Crippen LogP contribution is 2.41. The maximum Gasteiger partial charge on any atom is 0.239 e. The van der Waals surface area contributed by atoms with Gasteiger partial charge in [0.25, 0.3) is 0 Å². The molecule has 8 N–H and O–H groups in total. The summed E-state index contributed by atoms with van der Waals surface area (Å²) in [7, 11) is 3.27. The van der Waals surface area contributed by atoms with Crippen LogP contribution in [0.25, 0.3) is 0 Å². The Kier molecular flexibility index (Phi) is 6.06. The SMILES string of the molecule is CNC1C2OC3(O)C(OC2[C@@H](O)[C@H](NC)[C@@H]1O)O[C@H](C)C[C@H]3NC(=O)CN. The molecule has 10 atom stereocenters. The summed E-state index contributed by atoms with van der Waals surface area (Å²) >= 11 is 0. The fourth-order valence-electron chi connectivity index (χ4n) is 4.27. The summed E-state index contributed by atoms with van der Waals surface area (Å²) in [6.45, 7) is 1.55. The number of fused-ring (bicyclic) bond motifs is 2. The number of hydrogen-bond acceptors (Lipinski definition) is 10. The molecule has 0 radical (unpaired) electrons. The first kappa shape index (κ1) is 20.8. The summed E-state index contributed by atoms with van der Waals surface area (Å²) in [4.78, 5) is 11.8. The van der Waals surface area contributed by atoms with Gasteiger partial charge in [-0.15, -0.1) is 0 Å². The molecular formula is C16H30N4O7. The van der Waals surface area contributed by atoms with Crippen molar-refractivity contribution in [1.29, 1.82) is 0 Å². The molecule has 27 heavy (non-hydrogen) atoms. The quantitative estimate of drug-likeness (QED) is 0.251. The summed E-state index contributed by atoms with van der Waals surface area (Å²) in [5.74, 6) is -2.43. The zero-order valence-electron chi connectivity index (χ0n) is 15.7. The van der Waals surface area contributed by atoms with Crippen LogP contribution in [0.15, 0.2) is 0 Å². The first-order valence-electron chi connectivity index (χ1n) is 9.18. The predicted molar refractivity (Wildman–Crippen MR) is 92.3 cm³/mol. The molecule has 11 nitrogen and oxygen atoms in total. The minimum Gasteiger partial charge on any atom is -0.390 e. The van der Waals surface area contributed by atoms with E-state index < -0.39 is 60.5 Å². The van der Waals surface area contributed by atoms with Gasteiger partial charge < -0.3 is 51.2 Å². The van der Waals surface area contributed by atoms with E-state index in [1.165, 1.54) is 0 Å². The summed E-state index contributed by atoms with van der Waals surface area (Å²) in [6.07, 6.45) is -5.09. The van der Waals surface area contributed by atoms with Crippen LogP contribution < -0.4 is 21.7 Å². The standard InChI is InChI=1S/C16H30N4O7/c1-6-4-7(20-8(21)5-17)16(24)15(25-6)26-14-12(23)9(18-2)11(22)10(19-3)13(14)27-16/h6-7,9-15,18-19,22-24H,4-5,17H2,1-3H3,(H,20,21)/t6-,7-,9-,10?,11+,12+,13?,14?,15?,16?/m1/s1. The van der Waals surface area contributed by atoms with Crippen molar-refractivity contribution in [2.45, 2.75) is 74.1 Å². The van der Waals surface area contributed by atoms with Gasteiger partial charge >= 0.3 is 0 Å². The lowest BCUT2D eigenvalue weighted by Gasteiger charge is -2.58. The molecule has 3 fully saturated rings. The minimum atomic E-state index is -1.99. The van der Waals surface area contributed by atoms with Crippen LogP contribution >= 0.6 is 0 Å². The lowest BCUT2D eigenvalue weighted by molar-refractivity contribution is -0.449. The first-order chi connectivity index (χ1) is 12.8. The number of aliphatic hydroxyl groups is 3. The molecule has 1 saturated carbocycles. The van der Waals surface area contributed by atoms with Crippen molar-refractivity contribution >= 4 is 5.91 Å². The number of carbonyl (C=O) groups is 1. The van der Waals surface area contributed by atoms with Crippen molar-refractivity contribution in [2.75, 3.05) is 20.6 Å². The Morgan fingerprint density at radius 1 is 1.15 bits per heavy atom. The highest BCUT2D eigenvalue weighted by Gasteiger charge is 2.63. The van der Waals surface area contributed by atoms with E-state index in [2.05, 4.69) is 16.0 Å².